The third-order valence-corrected chi connectivity index (χ3v) is 3.07. The van der Waals surface area contributed by atoms with Crippen LogP contribution >= 0.6 is 45.5 Å². The van der Waals surface area contributed by atoms with Crippen molar-refractivity contribution < 1.29 is 0 Å². The Morgan fingerprint density at radius 2 is 2.38 bits per heavy atom. The molecule has 0 radical (unpaired) electrons. The van der Waals surface area contributed by atoms with Crippen LogP contribution in [0.25, 0.3) is 0 Å². The van der Waals surface area contributed by atoms with E-state index in [1.54, 1.807) is 2.90 Å². The third kappa shape index (κ3) is 1.24. The van der Waals surface area contributed by atoms with Crippen LogP contribution in [0.4, 0.5) is 5.82 Å². The smallest absolute Gasteiger partial charge is 0.147 e. The predicted octanol–water partition coefficient (Wildman–Crippen LogP) is 1.27. The molecular weight excluding hydrogens is 332 g/mol. The Morgan fingerprint density at radius 3 is 2.50 bits per heavy atom. The lowest BCUT2D eigenvalue weighted by Gasteiger charge is -1.81. The largest absolute Gasteiger partial charge is 0.382 e. The number of anilines is 1. The minimum Gasteiger partial charge on any atom is -0.382 e. The fraction of sp³-hybridized carbons (Fsp3) is 0. The SMILES string of the molecule is Nc1cc(I)n(I)n1. The van der Waals surface area contributed by atoms with Gasteiger partial charge in [-0.2, -0.15) is 2.90 Å². The van der Waals surface area contributed by atoms with Gasteiger partial charge in [0.1, 0.15) is 9.52 Å². The lowest BCUT2D eigenvalue weighted by Crippen LogP contribution is -1.86. The molecule has 1 heterocycles. The van der Waals surface area contributed by atoms with Crippen LogP contribution in [0, 0.1) is 3.70 Å². The average Bonchev–Trinajstić information content (AvgIpc) is 1.85. The van der Waals surface area contributed by atoms with E-state index in [-0.39, 0.29) is 0 Å². The van der Waals surface area contributed by atoms with Gasteiger partial charge in [-0.3, -0.25) is 0 Å². The number of rotatable bonds is 0. The first-order chi connectivity index (χ1) is 3.70. The van der Waals surface area contributed by atoms with Gasteiger partial charge in [-0.1, -0.05) is 0 Å². The second-order valence-electron chi connectivity index (χ2n) is 1.25. The first-order valence-corrected chi connectivity index (χ1v) is 3.91. The highest BCUT2D eigenvalue weighted by atomic mass is 127. The van der Waals surface area contributed by atoms with Crippen LogP contribution in [0.3, 0.4) is 0 Å². The summed E-state index contributed by atoms with van der Waals surface area (Å²) >= 11 is 4.22. The zero-order valence-corrected chi connectivity index (χ0v) is 8.12. The summed E-state index contributed by atoms with van der Waals surface area (Å²) in [6.07, 6.45) is 0. The van der Waals surface area contributed by atoms with Crippen LogP contribution in [-0.2, 0) is 0 Å². The first kappa shape index (κ1) is 6.59. The van der Waals surface area contributed by atoms with E-state index in [9.17, 15) is 0 Å². The van der Waals surface area contributed by atoms with E-state index in [0.717, 1.165) is 3.70 Å². The number of hydrogen-bond donors (Lipinski definition) is 1. The molecule has 0 saturated carbocycles. The van der Waals surface area contributed by atoms with E-state index in [1.165, 1.54) is 0 Å². The van der Waals surface area contributed by atoms with Crippen LogP contribution in [0.2, 0.25) is 0 Å². The van der Waals surface area contributed by atoms with Gasteiger partial charge in [-0.25, -0.2) is 0 Å². The van der Waals surface area contributed by atoms with Crippen LogP contribution in [0.15, 0.2) is 6.07 Å². The topological polar surface area (TPSA) is 43.8 Å². The number of nitrogen functional groups attached to an aromatic ring is 1. The highest BCUT2D eigenvalue weighted by molar-refractivity contribution is 14.1. The Hall–Kier alpha value is 0.470. The van der Waals surface area contributed by atoms with Gasteiger partial charge in [-0.05, 0) is 22.6 Å². The number of hydrogen-bond acceptors (Lipinski definition) is 2. The van der Waals surface area contributed by atoms with Crippen LogP contribution in [0.5, 0.6) is 0 Å². The van der Waals surface area contributed by atoms with Crippen molar-refractivity contribution >= 4 is 51.3 Å². The Balaban J connectivity index is 3.14. The molecule has 0 aromatic carbocycles. The van der Waals surface area contributed by atoms with Crippen LogP contribution in [0.1, 0.15) is 0 Å². The highest BCUT2D eigenvalue weighted by Crippen LogP contribution is 2.10. The zero-order valence-electron chi connectivity index (χ0n) is 3.81. The monoisotopic (exact) mass is 335 g/mol. The molecule has 44 valence electrons. The minimum atomic E-state index is 0.573. The molecule has 0 aliphatic rings. The summed E-state index contributed by atoms with van der Waals surface area (Å²) in [6, 6.07) is 1.81. The van der Waals surface area contributed by atoms with Crippen molar-refractivity contribution in [1.29, 1.82) is 0 Å². The van der Waals surface area contributed by atoms with Crippen molar-refractivity contribution in [2.24, 2.45) is 0 Å². The Bertz CT molecular complexity index is 175. The Morgan fingerprint density at radius 1 is 1.75 bits per heavy atom. The molecule has 0 spiro atoms. The van der Waals surface area contributed by atoms with Gasteiger partial charge in [0.25, 0.3) is 0 Å². The molecule has 1 aromatic rings. The van der Waals surface area contributed by atoms with Crippen LogP contribution in [-0.4, -0.2) is 7.99 Å². The van der Waals surface area contributed by atoms with Crippen molar-refractivity contribution in [2.75, 3.05) is 5.73 Å². The maximum atomic E-state index is 5.34. The Kier molecular flexibility index (Phi) is 1.96. The number of aromatic nitrogens is 2. The summed E-state index contributed by atoms with van der Waals surface area (Å²) in [5, 5.41) is 3.88. The number of halogens is 2. The molecule has 1 aromatic heterocycles. The molecule has 0 saturated heterocycles. The van der Waals surface area contributed by atoms with Crippen molar-refractivity contribution in [3.05, 3.63) is 9.77 Å². The molecule has 0 unspecified atom stereocenters. The molecular formula is C3H3I2N3. The molecule has 0 aliphatic heterocycles. The zero-order chi connectivity index (χ0) is 6.15. The maximum Gasteiger partial charge on any atom is 0.147 e. The second-order valence-corrected chi connectivity index (χ2v) is 3.27. The third-order valence-electron chi connectivity index (χ3n) is 0.647. The molecule has 0 amide bonds. The quantitative estimate of drug-likeness (QED) is 0.726. The van der Waals surface area contributed by atoms with Gasteiger partial charge in [-0.15, -0.1) is 5.10 Å². The fourth-order valence-corrected chi connectivity index (χ4v) is 1.17. The summed E-state index contributed by atoms with van der Waals surface area (Å²) < 4.78 is 2.74. The summed E-state index contributed by atoms with van der Waals surface area (Å²) in [6.45, 7) is 0. The molecule has 8 heavy (non-hydrogen) atoms. The molecule has 0 atom stereocenters. The van der Waals surface area contributed by atoms with Crippen molar-refractivity contribution in [1.82, 2.24) is 7.99 Å². The molecule has 3 nitrogen and oxygen atoms in total. The molecule has 1 rings (SSSR count). The molecule has 0 aliphatic carbocycles. The van der Waals surface area contributed by atoms with E-state index in [1.807, 2.05) is 6.07 Å². The van der Waals surface area contributed by atoms with Crippen molar-refractivity contribution in [3.63, 3.8) is 0 Å². The summed E-state index contributed by atoms with van der Waals surface area (Å²) in [5.41, 5.74) is 5.34. The van der Waals surface area contributed by atoms with Gasteiger partial charge in [0.2, 0.25) is 0 Å². The van der Waals surface area contributed by atoms with E-state index < -0.39 is 0 Å². The van der Waals surface area contributed by atoms with Crippen molar-refractivity contribution in [2.45, 2.75) is 0 Å². The standard InChI is InChI=1S/C3H3I2N3/c4-2-1-3(6)7-8(2)5/h1H,(H2,6,7). The summed E-state index contributed by atoms with van der Waals surface area (Å²) in [5.74, 6) is 0.573. The van der Waals surface area contributed by atoms with E-state index in [4.69, 9.17) is 5.73 Å². The highest BCUT2D eigenvalue weighted by Gasteiger charge is 1.95. The normalized spacial score (nSPS) is 9.75. The van der Waals surface area contributed by atoms with E-state index in [0.29, 0.717) is 5.82 Å². The molecule has 2 N–H and O–H groups in total. The fourth-order valence-electron chi connectivity index (χ4n) is 0.353. The van der Waals surface area contributed by atoms with Crippen molar-refractivity contribution in [3.8, 4) is 0 Å². The summed E-state index contributed by atoms with van der Waals surface area (Å²) in [7, 11) is 0. The predicted molar refractivity (Wildman–Crippen MR) is 48.8 cm³/mol. The number of nitrogens with zero attached hydrogens (tertiary/aromatic N) is 2. The van der Waals surface area contributed by atoms with E-state index in [2.05, 4.69) is 50.6 Å². The maximum absolute atomic E-state index is 5.34. The number of nitrogens with two attached hydrogens (primary N) is 1. The summed E-state index contributed by atoms with van der Waals surface area (Å²) in [4.78, 5) is 0. The lowest BCUT2D eigenvalue weighted by molar-refractivity contribution is 1.04. The first-order valence-electron chi connectivity index (χ1n) is 1.87. The average molecular weight is 335 g/mol. The van der Waals surface area contributed by atoms with Gasteiger partial charge in [0, 0.05) is 6.07 Å². The lowest BCUT2D eigenvalue weighted by atomic mass is 10.7. The van der Waals surface area contributed by atoms with Crippen LogP contribution < -0.4 is 5.73 Å². The van der Waals surface area contributed by atoms with Gasteiger partial charge in [0.15, 0.2) is 0 Å². The van der Waals surface area contributed by atoms with Gasteiger partial charge in [0.05, 0.1) is 22.9 Å². The molecule has 0 fully saturated rings. The molecule has 0 bridgehead atoms. The van der Waals surface area contributed by atoms with Gasteiger partial charge >= 0.3 is 0 Å². The van der Waals surface area contributed by atoms with Gasteiger partial charge < -0.3 is 5.73 Å². The second kappa shape index (κ2) is 2.38. The van der Waals surface area contributed by atoms with E-state index >= 15 is 0 Å². The minimum absolute atomic E-state index is 0.573. The molecule has 5 heteroatoms. The Labute approximate surface area is 74.3 Å².